The van der Waals surface area contributed by atoms with Gasteiger partial charge in [-0.1, -0.05) is 13.8 Å². The summed E-state index contributed by atoms with van der Waals surface area (Å²) >= 11 is 1.34. The fraction of sp³-hybridized carbons (Fsp3) is 0.467. The van der Waals surface area contributed by atoms with E-state index in [1.54, 1.807) is 0 Å². The molecule has 1 amide bonds. The number of carboxylic acids is 1. The van der Waals surface area contributed by atoms with Crippen LogP contribution >= 0.6 is 11.3 Å². The Balaban J connectivity index is 2.12. The predicted molar refractivity (Wildman–Crippen MR) is 86.8 cm³/mol. The van der Waals surface area contributed by atoms with Gasteiger partial charge in [-0.15, -0.1) is 11.3 Å². The maximum absolute atomic E-state index is 12.7. The summed E-state index contributed by atoms with van der Waals surface area (Å²) < 4.78 is 1.37. The molecule has 0 bridgehead atoms. The van der Waals surface area contributed by atoms with Crippen molar-refractivity contribution in [3.63, 3.8) is 0 Å². The van der Waals surface area contributed by atoms with Crippen LogP contribution in [0.2, 0.25) is 0 Å². The molecule has 2 heterocycles. The molecule has 0 unspecified atom stereocenters. The molecule has 2 aromatic heterocycles. The van der Waals surface area contributed by atoms with E-state index in [4.69, 9.17) is 5.11 Å². The van der Waals surface area contributed by atoms with E-state index in [1.165, 1.54) is 15.7 Å². The van der Waals surface area contributed by atoms with Gasteiger partial charge in [0, 0.05) is 10.6 Å². The number of rotatable bonds is 3. The lowest BCUT2D eigenvalue weighted by molar-refractivity contribution is -0.135. The van der Waals surface area contributed by atoms with Crippen molar-refractivity contribution >= 4 is 28.2 Å². The van der Waals surface area contributed by atoms with E-state index in [-0.39, 0.29) is 5.41 Å². The molecule has 24 heavy (non-hydrogen) atoms. The molecule has 8 nitrogen and oxygen atoms in total. The van der Waals surface area contributed by atoms with Crippen molar-refractivity contribution in [1.29, 1.82) is 0 Å². The van der Waals surface area contributed by atoms with Crippen molar-refractivity contribution in [2.24, 2.45) is 5.41 Å². The number of amides is 1. The number of hydrogen-bond donors (Lipinski definition) is 3. The number of thiazole rings is 1. The number of aromatic nitrogens is 2. The van der Waals surface area contributed by atoms with Gasteiger partial charge in [-0.05, 0) is 24.7 Å². The monoisotopic (exact) mass is 351 g/mol. The average molecular weight is 351 g/mol. The van der Waals surface area contributed by atoms with E-state index in [2.05, 4.69) is 24.1 Å². The molecular weight excluding hydrogens is 334 g/mol. The highest BCUT2D eigenvalue weighted by Gasteiger charge is 2.31. The van der Waals surface area contributed by atoms with Crippen LogP contribution in [0.3, 0.4) is 0 Å². The Morgan fingerprint density at radius 2 is 2.12 bits per heavy atom. The van der Waals surface area contributed by atoms with Crippen molar-refractivity contribution < 1.29 is 19.8 Å². The van der Waals surface area contributed by atoms with Gasteiger partial charge < -0.3 is 15.5 Å². The van der Waals surface area contributed by atoms with Gasteiger partial charge in [0.25, 0.3) is 11.5 Å². The number of aromatic hydroxyl groups is 1. The van der Waals surface area contributed by atoms with Crippen LogP contribution in [0.15, 0.2) is 4.79 Å². The molecule has 3 rings (SSSR count). The smallest absolute Gasteiger partial charge is 0.322 e. The minimum Gasteiger partial charge on any atom is -0.492 e. The molecule has 9 heteroatoms. The zero-order valence-electron chi connectivity index (χ0n) is 13.3. The summed E-state index contributed by atoms with van der Waals surface area (Å²) in [4.78, 5) is 40.6. The lowest BCUT2D eigenvalue weighted by atomic mass is 9.79. The van der Waals surface area contributed by atoms with Gasteiger partial charge in [-0.3, -0.25) is 18.8 Å². The van der Waals surface area contributed by atoms with Gasteiger partial charge in [0.1, 0.15) is 6.54 Å². The molecule has 128 valence electrons. The van der Waals surface area contributed by atoms with Crippen molar-refractivity contribution in [1.82, 2.24) is 14.7 Å². The highest BCUT2D eigenvalue weighted by atomic mass is 32.1. The fourth-order valence-electron chi connectivity index (χ4n) is 2.90. The van der Waals surface area contributed by atoms with E-state index in [9.17, 15) is 19.5 Å². The third kappa shape index (κ3) is 2.75. The maximum Gasteiger partial charge on any atom is 0.322 e. The van der Waals surface area contributed by atoms with E-state index in [1.807, 2.05) is 0 Å². The van der Waals surface area contributed by atoms with Crippen molar-refractivity contribution in [2.75, 3.05) is 6.54 Å². The minimum absolute atomic E-state index is 0.126. The first-order valence-electron chi connectivity index (χ1n) is 7.46. The van der Waals surface area contributed by atoms with Crippen LogP contribution in [0.1, 0.15) is 41.2 Å². The third-order valence-corrected chi connectivity index (χ3v) is 5.23. The summed E-state index contributed by atoms with van der Waals surface area (Å²) in [6, 6.07) is 0. The highest BCUT2D eigenvalue weighted by Crippen LogP contribution is 2.38. The second-order valence-corrected chi connectivity index (χ2v) is 7.68. The minimum atomic E-state index is -1.24. The van der Waals surface area contributed by atoms with Crippen molar-refractivity contribution in [3.05, 3.63) is 26.5 Å². The van der Waals surface area contributed by atoms with Crippen LogP contribution < -0.4 is 10.9 Å². The first-order valence-corrected chi connectivity index (χ1v) is 8.27. The lowest BCUT2D eigenvalue weighted by Crippen LogP contribution is -2.35. The largest absolute Gasteiger partial charge is 0.492 e. The summed E-state index contributed by atoms with van der Waals surface area (Å²) in [7, 11) is 0. The summed E-state index contributed by atoms with van der Waals surface area (Å²) in [5.74, 6) is -2.87. The van der Waals surface area contributed by atoms with Crippen LogP contribution in [0.4, 0.5) is 0 Å². The molecule has 0 spiro atoms. The van der Waals surface area contributed by atoms with E-state index in [0.29, 0.717) is 11.4 Å². The third-order valence-electron chi connectivity index (χ3n) is 4.14. The number of carboxylic acid groups (broad SMARTS) is 1. The molecule has 0 aliphatic heterocycles. The Morgan fingerprint density at radius 3 is 2.79 bits per heavy atom. The molecule has 3 N–H and O–H groups in total. The van der Waals surface area contributed by atoms with Gasteiger partial charge in [0.15, 0.2) is 10.5 Å². The van der Waals surface area contributed by atoms with Gasteiger partial charge in [0.2, 0.25) is 5.88 Å². The SMILES string of the molecule is CC1(C)CCc2c(sc3nc(O)c(C(=O)NCC(=O)O)c(=O)n23)C1. The van der Waals surface area contributed by atoms with E-state index < -0.39 is 35.4 Å². The van der Waals surface area contributed by atoms with Crippen molar-refractivity contribution in [2.45, 2.75) is 33.1 Å². The highest BCUT2D eigenvalue weighted by molar-refractivity contribution is 7.17. The number of aryl methyl sites for hydroxylation is 1. The topological polar surface area (TPSA) is 121 Å². The molecule has 0 saturated heterocycles. The second kappa shape index (κ2) is 5.59. The molecule has 0 saturated carbocycles. The number of carbonyl (C=O) groups excluding carboxylic acids is 1. The quantitative estimate of drug-likeness (QED) is 0.752. The van der Waals surface area contributed by atoms with Gasteiger partial charge >= 0.3 is 5.97 Å². The summed E-state index contributed by atoms with van der Waals surface area (Å²) in [6.07, 6.45) is 2.39. The fourth-order valence-corrected chi connectivity index (χ4v) is 4.31. The molecular formula is C15H17N3O5S. The molecule has 1 aliphatic rings. The lowest BCUT2D eigenvalue weighted by Gasteiger charge is -2.28. The molecule has 0 atom stereocenters. The molecule has 1 aliphatic carbocycles. The maximum atomic E-state index is 12.7. The number of nitrogens with zero attached hydrogens (tertiary/aromatic N) is 2. The normalized spacial score (nSPS) is 15.9. The molecule has 0 radical (unpaired) electrons. The zero-order chi connectivity index (χ0) is 17.6. The Hall–Kier alpha value is -2.42. The second-order valence-electron chi connectivity index (χ2n) is 6.62. The Bertz CT molecular complexity index is 912. The summed E-state index contributed by atoms with van der Waals surface area (Å²) in [5.41, 5.74) is -0.253. The molecule has 2 aromatic rings. The van der Waals surface area contributed by atoms with E-state index in [0.717, 1.165) is 23.4 Å². The first-order chi connectivity index (χ1) is 11.2. The Morgan fingerprint density at radius 1 is 1.42 bits per heavy atom. The standard InChI is InChI=1S/C15H17N3O5S/c1-15(2)4-3-7-8(5-15)24-14-17-12(22)10(13(23)18(7)14)11(21)16-6-9(19)20/h22H,3-6H2,1-2H3,(H,16,21)(H,19,20). The van der Waals surface area contributed by atoms with Crippen LogP contribution in [0, 0.1) is 5.41 Å². The van der Waals surface area contributed by atoms with Gasteiger partial charge in [-0.25, -0.2) is 0 Å². The average Bonchev–Trinajstić information content (AvgIpc) is 2.80. The first kappa shape index (κ1) is 16.4. The zero-order valence-corrected chi connectivity index (χ0v) is 14.1. The number of carbonyl (C=O) groups is 2. The van der Waals surface area contributed by atoms with E-state index >= 15 is 0 Å². The van der Waals surface area contributed by atoms with Crippen LogP contribution in [-0.2, 0) is 17.6 Å². The summed E-state index contributed by atoms with van der Waals surface area (Å²) in [5, 5.41) is 20.7. The molecule has 0 aromatic carbocycles. The number of fused-ring (bicyclic) bond motifs is 3. The van der Waals surface area contributed by atoms with Gasteiger partial charge in [-0.2, -0.15) is 4.98 Å². The van der Waals surface area contributed by atoms with Crippen LogP contribution in [0.5, 0.6) is 5.88 Å². The molecule has 0 fully saturated rings. The van der Waals surface area contributed by atoms with Gasteiger partial charge in [0.05, 0.1) is 0 Å². The van der Waals surface area contributed by atoms with Crippen LogP contribution in [0.25, 0.3) is 4.96 Å². The number of aliphatic carboxylic acids is 1. The number of nitrogens with one attached hydrogen (secondary N) is 1. The Labute approximate surface area is 140 Å². The van der Waals surface area contributed by atoms with Crippen LogP contribution in [-0.4, -0.2) is 38.0 Å². The van der Waals surface area contributed by atoms with Crippen molar-refractivity contribution in [3.8, 4) is 5.88 Å². The Kier molecular flexibility index (Phi) is 3.83. The predicted octanol–water partition coefficient (Wildman–Crippen LogP) is 0.791. The summed E-state index contributed by atoms with van der Waals surface area (Å²) in [6.45, 7) is 3.66. The number of hydrogen-bond acceptors (Lipinski definition) is 6.